The van der Waals surface area contributed by atoms with Gasteiger partial charge in [0.05, 0.1) is 16.8 Å². The standard InChI is InChI=1S/C26H24BFN6O2S/c27-18-12-17(8-9-19(18)28)34-23-20-21(32-26(34)36)22(37-25(20)30-14-29-23)24(35)31-16-6-4-15(5-7-16)13-33-10-2-1-3-11-33/h4-9,12,14H,1-3,10-11,13,27H2,(H,31,35)(H,32,36). The van der Waals surface area contributed by atoms with E-state index in [4.69, 9.17) is 0 Å². The molecule has 0 saturated carbocycles. The van der Waals surface area contributed by atoms with E-state index < -0.39 is 6.03 Å². The number of urea groups is 1. The van der Waals surface area contributed by atoms with Crippen LogP contribution in [0.2, 0.25) is 0 Å². The number of hydrogen-bond acceptors (Lipinski definition) is 6. The van der Waals surface area contributed by atoms with Crippen LogP contribution in [0.25, 0.3) is 10.2 Å². The number of thiophene rings is 1. The summed E-state index contributed by atoms with van der Waals surface area (Å²) in [6.45, 7) is 3.16. The third kappa shape index (κ3) is 4.45. The number of rotatable bonds is 5. The molecule has 2 N–H and O–H groups in total. The molecule has 2 aromatic heterocycles. The smallest absolute Gasteiger partial charge is 0.321 e. The summed E-state index contributed by atoms with van der Waals surface area (Å²) in [5.74, 6) is -0.338. The highest BCUT2D eigenvalue weighted by molar-refractivity contribution is 7.21. The van der Waals surface area contributed by atoms with E-state index in [0.717, 1.165) is 19.6 Å². The molecule has 1 fully saturated rings. The topological polar surface area (TPSA) is 90.5 Å². The summed E-state index contributed by atoms with van der Waals surface area (Å²) >= 11 is 1.19. The Morgan fingerprint density at radius 3 is 2.65 bits per heavy atom. The molecule has 2 aliphatic heterocycles. The first-order valence-corrected chi connectivity index (χ1v) is 13.1. The number of nitrogens with one attached hydrogen (secondary N) is 2. The summed E-state index contributed by atoms with van der Waals surface area (Å²) in [6.07, 6.45) is 5.16. The minimum atomic E-state index is -0.479. The number of carbonyl (C=O) groups is 2. The van der Waals surface area contributed by atoms with Crippen LogP contribution >= 0.6 is 11.3 Å². The fraction of sp³-hybridized carbons (Fsp3) is 0.231. The maximum atomic E-state index is 13.8. The van der Waals surface area contributed by atoms with Crippen molar-refractivity contribution in [1.29, 1.82) is 0 Å². The van der Waals surface area contributed by atoms with Crippen LogP contribution in [0, 0.1) is 5.82 Å². The number of halogens is 1. The molecule has 1 saturated heterocycles. The molecule has 186 valence electrons. The van der Waals surface area contributed by atoms with Crippen molar-refractivity contribution in [1.82, 2.24) is 14.9 Å². The Hall–Kier alpha value is -3.83. The Labute approximate surface area is 217 Å². The zero-order chi connectivity index (χ0) is 25.5. The number of nitrogens with zero attached hydrogens (tertiary/aromatic N) is 4. The van der Waals surface area contributed by atoms with Crippen LogP contribution in [0.3, 0.4) is 0 Å². The predicted molar refractivity (Wildman–Crippen MR) is 147 cm³/mol. The van der Waals surface area contributed by atoms with E-state index in [2.05, 4.69) is 25.5 Å². The van der Waals surface area contributed by atoms with Crippen molar-refractivity contribution in [3.63, 3.8) is 0 Å². The van der Waals surface area contributed by atoms with Crippen molar-refractivity contribution in [2.24, 2.45) is 0 Å². The SMILES string of the molecule is Bc1cc(N2C(=O)Nc3c(C(=O)Nc4ccc(CN5CCCCC5)cc4)sc4ncnc2c34)ccc1F. The third-order valence-corrected chi connectivity index (χ3v) is 7.88. The van der Waals surface area contributed by atoms with Crippen LogP contribution in [-0.4, -0.2) is 47.7 Å². The molecule has 0 spiro atoms. The lowest BCUT2D eigenvalue weighted by Crippen LogP contribution is -2.35. The quantitative estimate of drug-likeness (QED) is 0.393. The lowest BCUT2D eigenvalue weighted by atomic mass is 9.95. The molecule has 6 rings (SSSR count). The highest BCUT2D eigenvalue weighted by atomic mass is 32.1. The average Bonchev–Trinajstić information content (AvgIpc) is 3.27. The van der Waals surface area contributed by atoms with Gasteiger partial charge in [-0.2, -0.15) is 0 Å². The molecule has 3 amide bonds. The largest absolute Gasteiger partial charge is 0.332 e. The lowest BCUT2D eigenvalue weighted by Gasteiger charge is -2.27. The second-order valence-corrected chi connectivity index (χ2v) is 10.4. The third-order valence-electron chi connectivity index (χ3n) is 6.79. The van der Waals surface area contributed by atoms with Gasteiger partial charge in [-0.1, -0.05) is 24.0 Å². The van der Waals surface area contributed by atoms with Gasteiger partial charge >= 0.3 is 6.03 Å². The van der Waals surface area contributed by atoms with Crippen molar-refractivity contribution in [2.75, 3.05) is 28.6 Å². The van der Waals surface area contributed by atoms with Crippen molar-refractivity contribution >= 4 is 69.7 Å². The number of aromatic nitrogens is 2. The number of benzene rings is 2. The van der Waals surface area contributed by atoms with Crippen LogP contribution in [0.5, 0.6) is 0 Å². The fourth-order valence-electron chi connectivity index (χ4n) is 4.89. The number of amides is 3. The number of likely N-dealkylation sites (tertiary alicyclic amines) is 1. The van der Waals surface area contributed by atoms with Gasteiger partial charge in [0.1, 0.15) is 29.7 Å². The van der Waals surface area contributed by atoms with Crippen molar-refractivity contribution in [3.8, 4) is 0 Å². The zero-order valence-electron chi connectivity index (χ0n) is 20.3. The Bertz CT molecular complexity index is 1520. The first-order valence-electron chi connectivity index (χ1n) is 12.3. The van der Waals surface area contributed by atoms with Crippen LogP contribution in [0.4, 0.5) is 32.1 Å². The average molecular weight is 514 g/mol. The highest BCUT2D eigenvalue weighted by Crippen LogP contribution is 2.44. The Kier molecular flexibility index (Phi) is 6.09. The van der Waals surface area contributed by atoms with E-state index in [1.807, 2.05) is 24.3 Å². The van der Waals surface area contributed by atoms with Crippen LogP contribution in [0.1, 0.15) is 34.5 Å². The molecule has 0 atom stereocenters. The maximum Gasteiger partial charge on any atom is 0.332 e. The minimum Gasteiger partial charge on any atom is -0.321 e. The van der Waals surface area contributed by atoms with Gasteiger partial charge in [-0.15, -0.1) is 11.3 Å². The monoisotopic (exact) mass is 514 g/mol. The normalized spacial score (nSPS) is 15.6. The second-order valence-electron chi connectivity index (χ2n) is 9.37. The molecule has 4 heterocycles. The Morgan fingerprint density at radius 1 is 1.11 bits per heavy atom. The summed E-state index contributed by atoms with van der Waals surface area (Å²) in [5.41, 5.74) is 3.15. The first kappa shape index (κ1) is 23.6. The number of hydrogen-bond donors (Lipinski definition) is 2. The molecule has 8 nitrogen and oxygen atoms in total. The minimum absolute atomic E-state index is 0.334. The van der Waals surface area contributed by atoms with Gasteiger partial charge < -0.3 is 10.6 Å². The highest BCUT2D eigenvalue weighted by Gasteiger charge is 2.34. The van der Waals surface area contributed by atoms with E-state index in [1.54, 1.807) is 13.9 Å². The molecular formula is C26H24BFN6O2S. The molecule has 37 heavy (non-hydrogen) atoms. The Morgan fingerprint density at radius 2 is 1.89 bits per heavy atom. The molecule has 0 bridgehead atoms. The number of anilines is 4. The molecule has 11 heteroatoms. The molecular weight excluding hydrogens is 490 g/mol. The summed E-state index contributed by atoms with van der Waals surface area (Å²) in [4.78, 5) is 39.9. The van der Waals surface area contributed by atoms with Gasteiger partial charge in [-0.25, -0.2) is 24.1 Å². The molecule has 2 aliphatic rings. The summed E-state index contributed by atoms with van der Waals surface area (Å²) < 4.78 is 13.8. The van der Waals surface area contributed by atoms with Crippen LogP contribution < -0.4 is 21.0 Å². The summed E-state index contributed by atoms with van der Waals surface area (Å²) in [7, 11) is 1.63. The van der Waals surface area contributed by atoms with Crippen molar-refractivity contribution < 1.29 is 14.0 Å². The summed E-state index contributed by atoms with van der Waals surface area (Å²) in [5, 5.41) is 6.36. The van der Waals surface area contributed by atoms with Crippen molar-refractivity contribution in [3.05, 3.63) is 65.0 Å². The molecule has 0 unspecified atom stereocenters. The molecule has 4 aromatic rings. The van der Waals surface area contributed by atoms with Gasteiger partial charge in [0.25, 0.3) is 5.91 Å². The summed E-state index contributed by atoms with van der Waals surface area (Å²) in [6, 6.07) is 11.8. The van der Waals surface area contributed by atoms with E-state index in [0.29, 0.717) is 43.4 Å². The van der Waals surface area contributed by atoms with E-state index >= 15 is 0 Å². The van der Waals surface area contributed by atoms with Crippen LogP contribution in [-0.2, 0) is 6.54 Å². The van der Waals surface area contributed by atoms with E-state index in [9.17, 15) is 14.0 Å². The Balaban J connectivity index is 1.27. The van der Waals surface area contributed by atoms with Gasteiger partial charge in [0.15, 0.2) is 5.82 Å². The molecule has 0 radical (unpaired) electrons. The van der Waals surface area contributed by atoms with Gasteiger partial charge in [0.2, 0.25) is 0 Å². The maximum absolute atomic E-state index is 13.8. The second kappa shape index (κ2) is 9.57. The molecule has 2 aromatic carbocycles. The zero-order valence-corrected chi connectivity index (χ0v) is 21.1. The number of carbonyl (C=O) groups excluding carboxylic acids is 2. The van der Waals surface area contributed by atoms with Gasteiger partial charge in [-0.05, 0) is 61.8 Å². The van der Waals surface area contributed by atoms with E-state index in [-0.39, 0.29) is 11.7 Å². The molecule has 0 aliphatic carbocycles. The fourth-order valence-corrected chi connectivity index (χ4v) is 5.88. The van der Waals surface area contributed by atoms with Gasteiger partial charge in [-0.3, -0.25) is 9.69 Å². The predicted octanol–water partition coefficient (Wildman–Crippen LogP) is 4.01. The lowest BCUT2D eigenvalue weighted by molar-refractivity contribution is 0.103. The van der Waals surface area contributed by atoms with Crippen LogP contribution in [0.15, 0.2) is 48.8 Å². The van der Waals surface area contributed by atoms with Crippen molar-refractivity contribution in [2.45, 2.75) is 25.8 Å². The van der Waals surface area contributed by atoms with E-state index in [1.165, 1.54) is 59.5 Å². The van der Waals surface area contributed by atoms with Gasteiger partial charge in [0, 0.05) is 12.2 Å². The first-order chi connectivity index (χ1) is 18.0. The number of piperidine rings is 1.